The molecule has 0 fully saturated rings. The van der Waals surface area contributed by atoms with Crippen molar-refractivity contribution in [2.45, 2.75) is 63.4 Å². The van der Waals surface area contributed by atoms with E-state index in [1.807, 2.05) is 21.6 Å². The molecule has 2 aliphatic carbocycles. The zero-order valence-electron chi connectivity index (χ0n) is 14.5. The molecule has 0 heterocycles. The molecular formula is C20H28S2. The van der Waals surface area contributed by atoms with Crippen molar-refractivity contribution < 1.29 is 0 Å². The van der Waals surface area contributed by atoms with E-state index in [-0.39, 0.29) is 9.49 Å². The van der Waals surface area contributed by atoms with Gasteiger partial charge in [0.25, 0.3) is 0 Å². The van der Waals surface area contributed by atoms with E-state index in [2.05, 4.69) is 77.2 Å². The molecule has 2 heteroatoms. The Morgan fingerprint density at radius 1 is 0.818 bits per heavy atom. The summed E-state index contributed by atoms with van der Waals surface area (Å²) < 4.78 is 0.262. The van der Waals surface area contributed by atoms with Gasteiger partial charge in [-0.25, -0.2) is 0 Å². The van der Waals surface area contributed by atoms with Crippen LogP contribution in [0.5, 0.6) is 0 Å². The van der Waals surface area contributed by atoms with Gasteiger partial charge in [-0.05, 0) is 65.0 Å². The fraction of sp³-hybridized carbons (Fsp3) is 0.500. The first-order valence-corrected chi connectivity index (χ1v) is 10.2. The third-order valence-electron chi connectivity index (χ3n) is 4.13. The maximum atomic E-state index is 2.40. The summed E-state index contributed by atoms with van der Waals surface area (Å²) in [6.45, 7) is 11.5. The van der Waals surface area contributed by atoms with Gasteiger partial charge in [-0.2, -0.15) is 0 Å². The monoisotopic (exact) mass is 332 g/mol. The minimum absolute atomic E-state index is 0.110. The Labute approximate surface area is 144 Å². The van der Waals surface area contributed by atoms with E-state index in [1.54, 1.807) is 0 Å². The maximum Gasteiger partial charge on any atom is 0.0455 e. The summed E-state index contributed by atoms with van der Waals surface area (Å²) in [5, 5.41) is 0. The van der Waals surface area contributed by atoms with E-state index in [1.165, 1.54) is 29.6 Å². The molecule has 0 radical (unpaired) electrons. The van der Waals surface area contributed by atoms with Gasteiger partial charge in [0.05, 0.1) is 0 Å². The SMILES string of the molecule is CC1=CC=C(C(C)(C)SSC(C)(C)C2=CCCC=C2)C=CC1. The molecule has 0 bridgehead atoms. The second-order valence-corrected chi connectivity index (χ2v) is 10.4. The van der Waals surface area contributed by atoms with Crippen molar-refractivity contribution >= 4 is 21.6 Å². The largest absolute Gasteiger partial charge is 0.0839 e. The number of rotatable bonds is 5. The van der Waals surface area contributed by atoms with E-state index < -0.39 is 0 Å². The van der Waals surface area contributed by atoms with Crippen LogP contribution in [-0.2, 0) is 0 Å². The number of hydrogen-bond donors (Lipinski definition) is 0. The van der Waals surface area contributed by atoms with Crippen LogP contribution in [0.4, 0.5) is 0 Å². The highest BCUT2D eigenvalue weighted by atomic mass is 33.1. The highest BCUT2D eigenvalue weighted by Crippen LogP contribution is 2.50. The summed E-state index contributed by atoms with van der Waals surface area (Å²) >= 11 is 0. The van der Waals surface area contributed by atoms with Crippen LogP contribution in [0.15, 0.2) is 59.3 Å². The summed E-state index contributed by atoms with van der Waals surface area (Å²) in [5.41, 5.74) is 4.30. The molecule has 0 nitrogen and oxygen atoms in total. The average Bonchev–Trinajstić information content (AvgIpc) is 2.72. The second-order valence-electron chi connectivity index (χ2n) is 7.07. The van der Waals surface area contributed by atoms with Crippen molar-refractivity contribution in [2.24, 2.45) is 0 Å². The Kier molecular flexibility index (Phi) is 5.90. The van der Waals surface area contributed by atoms with E-state index in [9.17, 15) is 0 Å². The highest BCUT2D eigenvalue weighted by Gasteiger charge is 2.30. The van der Waals surface area contributed by atoms with Gasteiger partial charge in [0.15, 0.2) is 0 Å². The summed E-state index contributed by atoms with van der Waals surface area (Å²) in [6.07, 6.45) is 19.6. The van der Waals surface area contributed by atoms with E-state index in [0.29, 0.717) is 0 Å². The summed E-state index contributed by atoms with van der Waals surface area (Å²) in [6, 6.07) is 0. The van der Waals surface area contributed by atoms with Gasteiger partial charge >= 0.3 is 0 Å². The van der Waals surface area contributed by atoms with Crippen LogP contribution in [-0.4, -0.2) is 9.49 Å². The number of allylic oxidation sites excluding steroid dienone is 8. The van der Waals surface area contributed by atoms with Crippen LogP contribution < -0.4 is 0 Å². The molecule has 0 unspecified atom stereocenters. The fourth-order valence-electron chi connectivity index (χ4n) is 2.49. The van der Waals surface area contributed by atoms with Gasteiger partial charge in [-0.3, -0.25) is 0 Å². The topological polar surface area (TPSA) is 0 Å². The Morgan fingerprint density at radius 2 is 1.45 bits per heavy atom. The van der Waals surface area contributed by atoms with Crippen molar-refractivity contribution in [3.63, 3.8) is 0 Å². The van der Waals surface area contributed by atoms with Crippen molar-refractivity contribution in [2.75, 3.05) is 0 Å². The van der Waals surface area contributed by atoms with E-state index >= 15 is 0 Å². The molecule has 0 saturated carbocycles. The molecule has 0 spiro atoms. The second kappa shape index (κ2) is 7.31. The van der Waals surface area contributed by atoms with Gasteiger partial charge < -0.3 is 0 Å². The molecule has 0 aliphatic heterocycles. The van der Waals surface area contributed by atoms with Crippen LogP contribution in [0.1, 0.15) is 53.9 Å². The molecule has 2 aliphatic rings. The molecule has 0 aromatic heterocycles. The first kappa shape index (κ1) is 17.7. The Morgan fingerprint density at radius 3 is 2.09 bits per heavy atom. The summed E-state index contributed by atoms with van der Waals surface area (Å²) in [5.74, 6) is 0. The minimum Gasteiger partial charge on any atom is -0.0839 e. The van der Waals surface area contributed by atoms with Gasteiger partial charge in [-0.15, -0.1) is 0 Å². The van der Waals surface area contributed by atoms with Crippen LogP contribution in [0.25, 0.3) is 0 Å². The van der Waals surface area contributed by atoms with Crippen molar-refractivity contribution in [1.29, 1.82) is 0 Å². The van der Waals surface area contributed by atoms with Crippen molar-refractivity contribution in [3.8, 4) is 0 Å². The van der Waals surface area contributed by atoms with E-state index in [4.69, 9.17) is 0 Å². The molecule has 120 valence electrons. The molecule has 2 rings (SSSR count). The third kappa shape index (κ3) is 4.70. The lowest BCUT2D eigenvalue weighted by Crippen LogP contribution is -2.21. The predicted octanol–water partition coefficient (Wildman–Crippen LogP) is 7.03. The van der Waals surface area contributed by atoms with Gasteiger partial charge in [0.2, 0.25) is 0 Å². The molecule has 0 atom stereocenters. The standard InChI is InChI=1S/C20H28S2/c1-16-10-9-13-18(15-14-16)20(4,5)22-21-19(2,3)17-11-7-6-8-12-17/h7,9,11-15H,6,8,10H2,1-5H3. The summed E-state index contributed by atoms with van der Waals surface area (Å²) in [7, 11) is 3.98. The smallest absolute Gasteiger partial charge is 0.0455 e. The molecular weight excluding hydrogens is 304 g/mol. The first-order chi connectivity index (χ1) is 10.3. The van der Waals surface area contributed by atoms with Crippen LogP contribution in [0.2, 0.25) is 0 Å². The lowest BCUT2D eigenvalue weighted by Gasteiger charge is -2.32. The molecule has 0 aromatic rings. The molecule has 0 aromatic carbocycles. The molecule has 0 amide bonds. The van der Waals surface area contributed by atoms with Gasteiger partial charge in [0, 0.05) is 9.49 Å². The molecule has 0 N–H and O–H groups in total. The van der Waals surface area contributed by atoms with Crippen LogP contribution in [0.3, 0.4) is 0 Å². The zero-order chi connectivity index (χ0) is 16.2. The van der Waals surface area contributed by atoms with E-state index in [0.717, 1.165) is 6.42 Å². The predicted molar refractivity (Wildman–Crippen MR) is 105 cm³/mol. The maximum absolute atomic E-state index is 2.40. The average molecular weight is 333 g/mol. The van der Waals surface area contributed by atoms with Crippen LogP contribution in [0, 0.1) is 0 Å². The highest BCUT2D eigenvalue weighted by molar-refractivity contribution is 8.77. The lowest BCUT2D eigenvalue weighted by atomic mass is 9.96. The minimum atomic E-state index is 0.110. The Bertz CT molecular complexity index is 554. The van der Waals surface area contributed by atoms with Gasteiger partial charge in [-0.1, -0.05) is 69.7 Å². The molecule has 0 saturated heterocycles. The van der Waals surface area contributed by atoms with Crippen molar-refractivity contribution in [3.05, 3.63) is 59.3 Å². The molecule has 22 heavy (non-hydrogen) atoms. The zero-order valence-corrected chi connectivity index (χ0v) is 16.1. The number of hydrogen-bond acceptors (Lipinski definition) is 2. The quantitative estimate of drug-likeness (QED) is 0.495. The summed E-state index contributed by atoms with van der Waals surface area (Å²) in [4.78, 5) is 0. The Hall–Kier alpha value is -0.600. The van der Waals surface area contributed by atoms with Crippen LogP contribution >= 0.6 is 21.6 Å². The third-order valence-corrected chi connectivity index (χ3v) is 8.27. The van der Waals surface area contributed by atoms with Gasteiger partial charge in [0.1, 0.15) is 0 Å². The fourth-order valence-corrected chi connectivity index (χ4v) is 5.22. The first-order valence-electron chi connectivity index (χ1n) is 8.10. The lowest BCUT2D eigenvalue weighted by molar-refractivity contribution is 0.834. The normalized spacial score (nSPS) is 19.4. The Balaban J connectivity index is 2.06. The van der Waals surface area contributed by atoms with Crippen molar-refractivity contribution in [1.82, 2.24) is 0 Å².